The summed E-state index contributed by atoms with van der Waals surface area (Å²) in [7, 11) is 0. The van der Waals surface area contributed by atoms with Crippen molar-refractivity contribution in [2.45, 2.75) is 40.5 Å². The molecule has 0 saturated carbocycles. The van der Waals surface area contributed by atoms with Gasteiger partial charge >= 0.3 is 0 Å². The Morgan fingerprint density at radius 1 is 0.789 bits per heavy atom. The highest BCUT2D eigenvalue weighted by Gasteiger charge is 2.05. The minimum Gasteiger partial charge on any atom is -0.316 e. The van der Waals surface area contributed by atoms with Crippen LogP contribution in [0.3, 0.4) is 0 Å². The molecule has 0 aliphatic carbocycles. The highest BCUT2D eigenvalue weighted by atomic mass is 32.1. The van der Waals surface area contributed by atoms with Crippen molar-refractivity contribution in [3.05, 3.63) is 31.2 Å². The SMILES string of the molecule is Cc1nc(C)c(CCNCCc2sc(C)nc2C)s1. The molecule has 19 heavy (non-hydrogen) atoms. The predicted molar refractivity (Wildman–Crippen MR) is 83.5 cm³/mol. The van der Waals surface area contributed by atoms with Gasteiger partial charge in [-0.2, -0.15) is 0 Å². The van der Waals surface area contributed by atoms with Crippen molar-refractivity contribution in [2.24, 2.45) is 0 Å². The fourth-order valence-electron chi connectivity index (χ4n) is 2.14. The summed E-state index contributed by atoms with van der Waals surface area (Å²) < 4.78 is 0. The molecule has 0 radical (unpaired) electrons. The monoisotopic (exact) mass is 295 g/mol. The van der Waals surface area contributed by atoms with Gasteiger partial charge in [-0.1, -0.05) is 0 Å². The Kier molecular flexibility index (Phi) is 5.07. The van der Waals surface area contributed by atoms with Crippen LogP contribution in [0.1, 0.15) is 31.2 Å². The third kappa shape index (κ3) is 4.09. The lowest BCUT2D eigenvalue weighted by molar-refractivity contribution is 0.685. The van der Waals surface area contributed by atoms with Gasteiger partial charge in [-0.3, -0.25) is 0 Å². The Hall–Kier alpha value is -0.780. The molecule has 2 rings (SSSR count). The van der Waals surface area contributed by atoms with Crippen LogP contribution in [-0.4, -0.2) is 23.1 Å². The van der Waals surface area contributed by atoms with E-state index < -0.39 is 0 Å². The molecule has 0 aliphatic heterocycles. The van der Waals surface area contributed by atoms with Crippen LogP contribution in [0.15, 0.2) is 0 Å². The summed E-state index contributed by atoms with van der Waals surface area (Å²) in [4.78, 5) is 11.7. The van der Waals surface area contributed by atoms with Gasteiger partial charge in [0.05, 0.1) is 21.4 Å². The molecule has 0 saturated heterocycles. The smallest absolute Gasteiger partial charge is 0.0900 e. The van der Waals surface area contributed by atoms with Gasteiger partial charge in [0.2, 0.25) is 0 Å². The van der Waals surface area contributed by atoms with E-state index in [2.05, 4.69) is 43.0 Å². The highest BCUT2D eigenvalue weighted by molar-refractivity contribution is 7.11. The molecule has 104 valence electrons. The van der Waals surface area contributed by atoms with Gasteiger partial charge < -0.3 is 5.32 Å². The summed E-state index contributed by atoms with van der Waals surface area (Å²) in [5.41, 5.74) is 2.39. The van der Waals surface area contributed by atoms with Gasteiger partial charge in [-0.05, 0) is 40.5 Å². The third-order valence-electron chi connectivity index (χ3n) is 3.06. The van der Waals surface area contributed by atoms with E-state index in [0.717, 1.165) is 25.9 Å². The quantitative estimate of drug-likeness (QED) is 0.832. The molecule has 0 atom stereocenters. The summed E-state index contributed by atoms with van der Waals surface area (Å²) in [6, 6.07) is 0. The van der Waals surface area contributed by atoms with Crippen LogP contribution in [-0.2, 0) is 12.8 Å². The summed E-state index contributed by atoms with van der Waals surface area (Å²) in [5, 5.41) is 5.85. The van der Waals surface area contributed by atoms with E-state index in [0.29, 0.717) is 0 Å². The van der Waals surface area contributed by atoms with Crippen LogP contribution < -0.4 is 5.32 Å². The Morgan fingerprint density at radius 3 is 1.53 bits per heavy atom. The molecular formula is C14H21N3S2. The fraction of sp³-hybridized carbons (Fsp3) is 0.571. The Labute approximate surface area is 123 Å². The minimum atomic E-state index is 1.03. The van der Waals surface area contributed by atoms with Gasteiger partial charge in [0.1, 0.15) is 0 Å². The zero-order chi connectivity index (χ0) is 13.8. The first-order valence-electron chi connectivity index (χ1n) is 6.63. The minimum absolute atomic E-state index is 1.03. The summed E-state index contributed by atoms with van der Waals surface area (Å²) in [6.45, 7) is 10.4. The number of aromatic nitrogens is 2. The molecule has 0 bridgehead atoms. The fourth-order valence-corrected chi connectivity index (χ4v) is 4.01. The molecule has 0 unspecified atom stereocenters. The molecule has 0 spiro atoms. The van der Waals surface area contributed by atoms with Crippen LogP contribution in [0, 0.1) is 27.7 Å². The zero-order valence-electron chi connectivity index (χ0n) is 12.0. The maximum Gasteiger partial charge on any atom is 0.0900 e. The van der Waals surface area contributed by atoms with Crippen LogP contribution >= 0.6 is 22.7 Å². The average molecular weight is 295 g/mol. The molecule has 0 amide bonds. The zero-order valence-corrected chi connectivity index (χ0v) is 13.7. The van der Waals surface area contributed by atoms with Crippen LogP contribution in [0.5, 0.6) is 0 Å². The standard InChI is InChI=1S/C14H21N3S2/c1-9-13(18-11(3)16-9)5-7-15-8-6-14-10(2)17-12(4)19-14/h15H,5-8H2,1-4H3. The molecule has 0 aliphatic rings. The van der Waals surface area contributed by atoms with Gasteiger partial charge in [-0.15, -0.1) is 22.7 Å². The van der Waals surface area contributed by atoms with Crippen molar-refractivity contribution in [3.8, 4) is 0 Å². The molecule has 2 heterocycles. The van der Waals surface area contributed by atoms with Crippen LogP contribution in [0.4, 0.5) is 0 Å². The number of hydrogen-bond donors (Lipinski definition) is 1. The molecule has 5 heteroatoms. The molecule has 3 nitrogen and oxygen atoms in total. The number of nitrogens with zero attached hydrogens (tertiary/aromatic N) is 2. The maximum atomic E-state index is 4.46. The van der Waals surface area contributed by atoms with Crippen LogP contribution in [0.25, 0.3) is 0 Å². The number of aryl methyl sites for hydroxylation is 4. The van der Waals surface area contributed by atoms with Gasteiger partial charge in [0.25, 0.3) is 0 Å². The predicted octanol–water partition coefficient (Wildman–Crippen LogP) is 3.21. The second-order valence-electron chi connectivity index (χ2n) is 4.73. The van der Waals surface area contributed by atoms with Crippen molar-refractivity contribution >= 4 is 22.7 Å². The average Bonchev–Trinajstić information content (AvgIpc) is 2.81. The number of rotatable bonds is 6. The Bertz CT molecular complexity index is 495. The van der Waals surface area contributed by atoms with Crippen LogP contribution in [0.2, 0.25) is 0 Å². The molecule has 0 fully saturated rings. The highest BCUT2D eigenvalue weighted by Crippen LogP contribution is 2.18. The molecule has 1 N–H and O–H groups in total. The van der Waals surface area contributed by atoms with Crippen molar-refractivity contribution in [2.75, 3.05) is 13.1 Å². The molecular weight excluding hydrogens is 274 g/mol. The van der Waals surface area contributed by atoms with E-state index in [4.69, 9.17) is 0 Å². The summed E-state index contributed by atoms with van der Waals surface area (Å²) in [6.07, 6.45) is 2.16. The van der Waals surface area contributed by atoms with Crippen molar-refractivity contribution in [1.29, 1.82) is 0 Å². The van der Waals surface area contributed by atoms with E-state index in [1.165, 1.54) is 31.2 Å². The molecule has 2 aromatic rings. The summed E-state index contributed by atoms with van der Waals surface area (Å²) >= 11 is 3.63. The van der Waals surface area contributed by atoms with Gasteiger partial charge in [0, 0.05) is 22.8 Å². The second-order valence-corrected chi connectivity index (χ2v) is 7.31. The first-order chi connectivity index (χ1) is 9.06. The van der Waals surface area contributed by atoms with Crippen molar-refractivity contribution in [3.63, 3.8) is 0 Å². The van der Waals surface area contributed by atoms with Crippen molar-refractivity contribution < 1.29 is 0 Å². The number of thiazole rings is 2. The maximum absolute atomic E-state index is 4.46. The van der Waals surface area contributed by atoms with Gasteiger partial charge in [-0.25, -0.2) is 9.97 Å². The number of hydrogen-bond acceptors (Lipinski definition) is 5. The normalized spacial score (nSPS) is 11.2. The largest absolute Gasteiger partial charge is 0.316 e. The van der Waals surface area contributed by atoms with E-state index >= 15 is 0 Å². The lowest BCUT2D eigenvalue weighted by atomic mass is 10.3. The third-order valence-corrected chi connectivity index (χ3v) is 5.32. The van der Waals surface area contributed by atoms with E-state index in [1.807, 2.05) is 22.7 Å². The Morgan fingerprint density at radius 2 is 1.21 bits per heavy atom. The first-order valence-corrected chi connectivity index (χ1v) is 8.26. The van der Waals surface area contributed by atoms with Crippen molar-refractivity contribution in [1.82, 2.24) is 15.3 Å². The topological polar surface area (TPSA) is 37.8 Å². The van der Waals surface area contributed by atoms with E-state index in [9.17, 15) is 0 Å². The summed E-state index contributed by atoms with van der Waals surface area (Å²) in [5.74, 6) is 0. The Balaban J connectivity index is 1.70. The van der Waals surface area contributed by atoms with Gasteiger partial charge in [0.15, 0.2) is 0 Å². The molecule has 0 aromatic carbocycles. The lowest BCUT2D eigenvalue weighted by Crippen LogP contribution is -2.20. The lowest BCUT2D eigenvalue weighted by Gasteiger charge is -2.03. The first kappa shape index (κ1) is 14.6. The van der Waals surface area contributed by atoms with E-state index in [-0.39, 0.29) is 0 Å². The second kappa shape index (κ2) is 6.59. The number of nitrogens with one attached hydrogen (secondary N) is 1. The van der Waals surface area contributed by atoms with E-state index in [1.54, 1.807) is 0 Å². The molecule has 2 aromatic heterocycles.